The first-order valence-corrected chi connectivity index (χ1v) is 7.61. The number of amides is 1. The van der Waals surface area contributed by atoms with Crippen LogP contribution in [0, 0.1) is 0 Å². The van der Waals surface area contributed by atoms with Gasteiger partial charge in [0.1, 0.15) is 11.3 Å². The molecule has 7 nitrogen and oxygen atoms in total. The van der Waals surface area contributed by atoms with Crippen LogP contribution in [0.1, 0.15) is 12.5 Å². The maximum absolute atomic E-state index is 12.2. The predicted molar refractivity (Wildman–Crippen MR) is 101 cm³/mol. The van der Waals surface area contributed by atoms with Crippen LogP contribution in [0.2, 0.25) is 0 Å². The van der Waals surface area contributed by atoms with E-state index in [-0.39, 0.29) is 36.8 Å². The van der Waals surface area contributed by atoms with Crippen molar-refractivity contribution in [3.63, 3.8) is 0 Å². The number of hydrogen-bond acceptors (Lipinski definition) is 5. The molecule has 2 N–H and O–H groups in total. The third kappa shape index (κ3) is 3.78. The van der Waals surface area contributed by atoms with Crippen molar-refractivity contribution in [2.75, 3.05) is 19.7 Å². The van der Waals surface area contributed by atoms with Gasteiger partial charge >= 0.3 is 0 Å². The Morgan fingerprint density at radius 2 is 2.24 bits per heavy atom. The van der Waals surface area contributed by atoms with E-state index in [4.69, 9.17) is 4.74 Å². The van der Waals surface area contributed by atoms with Gasteiger partial charge in [-0.15, -0.1) is 24.8 Å². The van der Waals surface area contributed by atoms with E-state index in [0.29, 0.717) is 18.3 Å². The Hall–Kier alpha value is -2.09. The second-order valence-electron chi connectivity index (χ2n) is 5.69. The number of aromatic nitrogens is 2. The van der Waals surface area contributed by atoms with E-state index in [9.17, 15) is 4.79 Å². The van der Waals surface area contributed by atoms with Crippen molar-refractivity contribution in [3.8, 4) is 0 Å². The van der Waals surface area contributed by atoms with Gasteiger partial charge in [-0.2, -0.15) is 0 Å². The molecule has 134 valence electrons. The smallest absolute Gasteiger partial charge is 0.276 e. The van der Waals surface area contributed by atoms with Crippen molar-refractivity contribution in [3.05, 3.63) is 35.8 Å². The number of morpholine rings is 1. The molecule has 0 aliphatic carbocycles. The number of halogens is 2. The first kappa shape index (κ1) is 19.2. The van der Waals surface area contributed by atoms with E-state index in [1.807, 2.05) is 30.2 Å². The number of carbonyl (C=O) groups is 1. The fraction of sp³-hybridized carbons (Fsp3) is 0.312. The number of nitrogens with zero attached hydrogens (tertiary/aromatic N) is 3. The number of nitrogens with one attached hydrogen (secondary N) is 2. The molecule has 0 aromatic carbocycles. The van der Waals surface area contributed by atoms with Crippen LogP contribution in [0.15, 0.2) is 35.2 Å². The number of guanidine groups is 1. The van der Waals surface area contributed by atoms with Crippen molar-refractivity contribution in [1.29, 1.82) is 0 Å². The lowest BCUT2D eigenvalue weighted by Gasteiger charge is -2.31. The van der Waals surface area contributed by atoms with E-state index in [1.165, 1.54) is 0 Å². The zero-order valence-corrected chi connectivity index (χ0v) is 15.2. The summed E-state index contributed by atoms with van der Waals surface area (Å²) in [6, 6.07) is 3.84. The number of fused-ring (bicyclic) bond motifs is 1. The molecule has 25 heavy (non-hydrogen) atoms. The van der Waals surface area contributed by atoms with Crippen LogP contribution in [0.5, 0.6) is 0 Å². The number of aliphatic imine (C=N–C) groups is 1. The molecular formula is C16H19Cl2N5O2. The molecule has 1 saturated heterocycles. The minimum atomic E-state index is -0.183. The molecule has 9 heteroatoms. The summed E-state index contributed by atoms with van der Waals surface area (Å²) in [6.07, 6.45) is 5.49. The molecule has 1 unspecified atom stereocenters. The fourth-order valence-electron chi connectivity index (χ4n) is 2.86. The summed E-state index contributed by atoms with van der Waals surface area (Å²) in [5, 5.41) is 3.81. The van der Waals surface area contributed by atoms with Crippen molar-refractivity contribution < 1.29 is 9.53 Å². The van der Waals surface area contributed by atoms with Crippen LogP contribution in [-0.4, -0.2) is 52.5 Å². The van der Waals surface area contributed by atoms with Gasteiger partial charge in [0.05, 0.1) is 12.7 Å². The summed E-state index contributed by atoms with van der Waals surface area (Å²) in [7, 11) is 0. The van der Waals surface area contributed by atoms with E-state index < -0.39 is 0 Å². The third-order valence-electron chi connectivity index (χ3n) is 4.00. The van der Waals surface area contributed by atoms with Gasteiger partial charge in [0.15, 0.2) is 0 Å². The molecule has 2 aromatic rings. The average Bonchev–Trinajstić information content (AvgIpc) is 3.13. The molecule has 0 saturated carbocycles. The number of rotatable bonds is 1. The molecule has 0 radical (unpaired) electrons. The van der Waals surface area contributed by atoms with Gasteiger partial charge < -0.3 is 14.6 Å². The van der Waals surface area contributed by atoms with Crippen LogP contribution in [-0.2, 0) is 9.53 Å². The minimum Gasteiger partial charge on any atom is -0.375 e. The maximum Gasteiger partial charge on any atom is 0.276 e. The third-order valence-corrected chi connectivity index (χ3v) is 4.00. The summed E-state index contributed by atoms with van der Waals surface area (Å²) in [6.45, 7) is 4.11. The van der Waals surface area contributed by atoms with Crippen LogP contribution in [0.4, 0.5) is 0 Å². The largest absolute Gasteiger partial charge is 0.375 e. The first-order valence-electron chi connectivity index (χ1n) is 7.61. The van der Waals surface area contributed by atoms with Gasteiger partial charge in [-0.25, -0.2) is 9.98 Å². The number of ether oxygens (including phenoxy) is 1. The summed E-state index contributed by atoms with van der Waals surface area (Å²) < 4.78 is 5.52. The molecule has 0 spiro atoms. The van der Waals surface area contributed by atoms with E-state index in [0.717, 1.165) is 29.7 Å². The summed E-state index contributed by atoms with van der Waals surface area (Å²) in [4.78, 5) is 26.0. The lowest BCUT2D eigenvalue weighted by atomic mass is 10.2. The Labute approximate surface area is 157 Å². The van der Waals surface area contributed by atoms with E-state index in [2.05, 4.69) is 20.3 Å². The maximum atomic E-state index is 12.2. The SMILES string of the molecule is CC1CN(C2=NC(=Cc3c[nH]c4ncccc34)C(=O)N2)CCO1.Cl.Cl. The monoisotopic (exact) mass is 383 g/mol. The number of H-pyrrole nitrogens is 1. The van der Waals surface area contributed by atoms with Crippen molar-refractivity contribution >= 4 is 53.8 Å². The average molecular weight is 384 g/mol. The van der Waals surface area contributed by atoms with Gasteiger partial charge in [0.2, 0.25) is 5.96 Å². The molecule has 4 rings (SSSR count). The molecule has 1 fully saturated rings. The Morgan fingerprint density at radius 3 is 3.04 bits per heavy atom. The molecule has 1 amide bonds. The Balaban J connectivity index is 0.00000113. The van der Waals surface area contributed by atoms with Gasteiger partial charge in [0.25, 0.3) is 5.91 Å². The van der Waals surface area contributed by atoms with Crippen molar-refractivity contribution in [2.45, 2.75) is 13.0 Å². The van der Waals surface area contributed by atoms with E-state index >= 15 is 0 Å². The predicted octanol–water partition coefficient (Wildman–Crippen LogP) is 1.95. The quantitative estimate of drug-likeness (QED) is 0.737. The lowest BCUT2D eigenvalue weighted by Crippen LogP contribution is -2.49. The molecule has 0 bridgehead atoms. The zero-order chi connectivity index (χ0) is 15.8. The van der Waals surface area contributed by atoms with Gasteiger partial charge in [0, 0.05) is 36.4 Å². The highest BCUT2D eigenvalue weighted by Crippen LogP contribution is 2.21. The van der Waals surface area contributed by atoms with E-state index in [1.54, 1.807) is 12.3 Å². The highest BCUT2D eigenvalue weighted by Gasteiger charge is 2.27. The Morgan fingerprint density at radius 1 is 1.40 bits per heavy atom. The number of aromatic amines is 1. The topological polar surface area (TPSA) is 82.6 Å². The normalized spacial score (nSPS) is 21.6. The van der Waals surface area contributed by atoms with Gasteiger partial charge in [-0.3, -0.25) is 10.1 Å². The molecule has 1 atom stereocenters. The van der Waals surface area contributed by atoms with Crippen LogP contribution < -0.4 is 5.32 Å². The number of pyridine rings is 1. The molecule has 4 heterocycles. The van der Waals surface area contributed by atoms with Crippen LogP contribution >= 0.6 is 24.8 Å². The highest BCUT2D eigenvalue weighted by molar-refractivity contribution is 6.14. The van der Waals surface area contributed by atoms with Crippen LogP contribution in [0.3, 0.4) is 0 Å². The zero-order valence-electron chi connectivity index (χ0n) is 13.6. The molecule has 2 aliphatic rings. The Kier molecular flexibility index (Phi) is 6.05. The molecular weight excluding hydrogens is 365 g/mol. The number of hydrogen-bond donors (Lipinski definition) is 2. The van der Waals surface area contributed by atoms with Crippen molar-refractivity contribution in [2.24, 2.45) is 4.99 Å². The summed E-state index contributed by atoms with van der Waals surface area (Å²) in [5.74, 6) is 0.423. The van der Waals surface area contributed by atoms with Gasteiger partial charge in [-0.05, 0) is 25.1 Å². The second-order valence-corrected chi connectivity index (χ2v) is 5.69. The van der Waals surface area contributed by atoms with Gasteiger partial charge in [-0.1, -0.05) is 0 Å². The fourth-order valence-corrected chi connectivity index (χ4v) is 2.86. The first-order chi connectivity index (χ1) is 11.2. The highest BCUT2D eigenvalue weighted by atomic mass is 35.5. The van der Waals surface area contributed by atoms with Crippen molar-refractivity contribution in [1.82, 2.24) is 20.2 Å². The second kappa shape index (κ2) is 7.86. The summed E-state index contributed by atoms with van der Waals surface area (Å²) >= 11 is 0. The molecule has 2 aliphatic heterocycles. The number of carbonyl (C=O) groups excluding carboxylic acids is 1. The minimum absolute atomic E-state index is 0. The van der Waals surface area contributed by atoms with Crippen LogP contribution in [0.25, 0.3) is 17.1 Å². The Bertz CT molecular complexity index is 833. The summed E-state index contributed by atoms with van der Waals surface area (Å²) in [5.41, 5.74) is 2.10. The lowest BCUT2D eigenvalue weighted by molar-refractivity contribution is -0.115. The standard InChI is InChI=1S/C16H17N5O2.2ClH/c1-10-9-21(5-6-23-10)16-19-13(15(22)20-16)7-11-8-18-14-12(11)3-2-4-17-14;;/h2-4,7-8,10H,5-6,9H2,1H3,(H,17,18)(H,19,20,22);2*1H. The molecule has 2 aromatic heterocycles.